The molecule has 7 heteroatoms. The van der Waals surface area contributed by atoms with E-state index in [1.165, 1.54) is 17.2 Å². The zero-order chi connectivity index (χ0) is 16.9. The molecule has 0 heterocycles. The molecule has 0 amide bonds. The fraction of sp³-hybridized carbons (Fsp3) is 0.333. The highest BCUT2D eigenvalue weighted by molar-refractivity contribution is 6.16. The standard InChI is InChI=1S/C15H15F3N2O2/c1-4-22-14(21)12(9-20(2)3)11-6-5-10(8-19)7-13(11)15(16,17)18/h5-7,9H,4H2,1-3H3/b12-9-. The van der Waals surface area contributed by atoms with Crippen molar-refractivity contribution in [2.75, 3.05) is 20.7 Å². The summed E-state index contributed by atoms with van der Waals surface area (Å²) in [5, 5.41) is 8.76. The van der Waals surface area contributed by atoms with Crippen molar-refractivity contribution in [2.24, 2.45) is 0 Å². The van der Waals surface area contributed by atoms with Gasteiger partial charge in [-0.2, -0.15) is 18.4 Å². The zero-order valence-corrected chi connectivity index (χ0v) is 12.4. The number of rotatable bonds is 4. The molecule has 0 unspecified atom stereocenters. The third kappa shape index (κ3) is 4.25. The molecule has 0 aliphatic carbocycles. The fourth-order valence-corrected chi connectivity index (χ4v) is 1.78. The summed E-state index contributed by atoms with van der Waals surface area (Å²) in [7, 11) is 3.16. The second-order valence-corrected chi connectivity index (χ2v) is 4.60. The predicted octanol–water partition coefficient (Wildman–Crippen LogP) is 3.04. The number of hydrogen-bond acceptors (Lipinski definition) is 4. The Morgan fingerprint density at radius 1 is 1.41 bits per heavy atom. The molecule has 1 aromatic carbocycles. The number of ether oxygens (including phenoxy) is 1. The fourth-order valence-electron chi connectivity index (χ4n) is 1.78. The van der Waals surface area contributed by atoms with E-state index in [2.05, 4.69) is 0 Å². The lowest BCUT2D eigenvalue weighted by molar-refractivity contribution is -0.138. The summed E-state index contributed by atoms with van der Waals surface area (Å²) >= 11 is 0. The van der Waals surface area contributed by atoms with Crippen molar-refractivity contribution in [2.45, 2.75) is 13.1 Å². The van der Waals surface area contributed by atoms with E-state index in [0.717, 1.165) is 12.1 Å². The quantitative estimate of drug-likeness (QED) is 0.633. The lowest BCUT2D eigenvalue weighted by Gasteiger charge is -2.17. The van der Waals surface area contributed by atoms with Crippen LogP contribution in [0.25, 0.3) is 5.57 Å². The average Bonchev–Trinajstić information content (AvgIpc) is 2.43. The molecule has 4 nitrogen and oxygen atoms in total. The zero-order valence-electron chi connectivity index (χ0n) is 12.4. The molecule has 0 atom stereocenters. The minimum atomic E-state index is -4.69. The molecule has 0 aromatic heterocycles. The lowest BCUT2D eigenvalue weighted by atomic mass is 9.97. The summed E-state index contributed by atoms with van der Waals surface area (Å²) in [6.45, 7) is 1.61. The third-order valence-electron chi connectivity index (χ3n) is 2.63. The van der Waals surface area contributed by atoms with E-state index < -0.39 is 17.7 Å². The van der Waals surface area contributed by atoms with E-state index in [0.29, 0.717) is 0 Å². The van der Waals surface area contributed by atoms with Crippen LogP contribution in [0.15, 0.2) is 24.4 Å². The van der Waals surface area contributed by atoms with Crippen LogP contribution < -0.4 is 0 Å². The van der Waals surface area contributed by atoms with Gasteiger partial charge in [0, 0.05) is 25.9 Å². The number of esters is 1. The number of nitrogens with zero attached hydrogens (tertiary/aromatic N) is 2. The summed E-state index contributed by atoms with van der Waals surface area (Å²) in [5.74, 6) is -0.855. The summed E-state index contributed by atoms with van der Waals surface area (Å²) in [5.41, 5.74) is -1.72. The number of halogens is 3. The van der Waals surface area contributed by atoms with Gasteiger partial charge in [-0.15, -0.1) is 0 Å². The molecule has 22 heavy (non-hydrogen) atoms. The maximum Gasteiger partial charge on any atom is 0.417 e. The van der Waals surface area contributed by atoms with Gasteiger partial charge in [0.15, 0.2) is 0 Å². The van der Waals surface area contributed by atoms with Crippen molar-refractivity contribution in [3.05, 3.63) is 41.1 Å². The van der Waals surface area contributed by atoms with Gasteiger partial charge in [-0.05, 0) is 19.1 Å². The minimum absolute atomic E-state index is 0.0429. The monoisotopic (exact) mass is 312 g/mol. The van der Waals surface area contributed by atoms with E-state index in [1.807, 2.05) is 0 Å². The summed E-state index contributed by atoms with van der Waals surface area (Å²) in [4.78, 5) is 13.4. The summed E-state index contributed by atoms with van der Waals surface area (Å²) in [6.07, 6.45) is -3.44. The van der Waals surface area contributed by atoms with Crippen molar-refractivity contribution < 1.29 is 22.7 Å². The second kappa shape index (κ2) is 6.98. The highest BCUT2D eigenvalue weighted by atomic mass is 19.4. The maximum absolute atomic E-state index is 13.2. The molecular formula is C15H15F3N2O2. The van der Waals surface area contributed by atoms with Crippen LogP contribution in [0.1, 0.15) is 23.6 Å². The molecule has 0 saturated carbocycles. The Morgan fingerprint density at radius 2 is 2.05 bits per heavy atom. The van der Waals surface area contributed by atoms with Crippen molar-refractivity contribution in [1.82, 2.24) is 4.90 Å². The highest BCUT2D eigenvalue weighted by Crippen LogP contribution is 2.36. The Hall–Kier alpha value is -2.49. The van der Waals surface area contributed by atoms with E-state index in [1.54, 1.807) is 27.1 Å². The predicted molar refractivity (Wildman–Crippen MR) is 74.5 cm³/mol. The van der Waals surface area contributed by atoms with Crippen LogP contribution in [0.3, 0.4) is 0 Å². The van der Waals surface area contributed by atoms with Crippen LogP contribution in [-0.2, 0) is 15.7 Å². The molecule has 0 N–H and O–H groups in total. The van der Waals surface area contributed by atoms with Crippen LogP contribution in [0.5, 0.6) is 0 Å². The molecule has 1 rings (SSSR count). The smallest absolute Gasteiger partial charge is 0.417 e. The first kappa shape index (κ1) is 17.6. The number of benzene rings is 1. The Labute approximate surface area is 126 Å². The van der Waals surface area contributed by atoms with Crippen LogP contribution >= 0.6 is 0 Å². The second-order valence-electron chi connectivity index (χ2n) is 4.60. The van der Waals surface area contributed by atoms with E-state index in [9.17, 15) is 18.0 Å². The van der Waals surface area contributed by atoms with Crippen molar-refractivity contribution in [3.8, 4) is 6.07 Å². The number of carbonyl (C=O) groups excluding carboxylic acids is 1. The van der Waals surface area contributed by atoms with Crippen LogP contribution in [0, 0.1) is 11.3 Å². The van der Waals surface area contributed by atoms with Crippen LogP contribution in [-0.4, -0.2) is 31.6 Å². The van der Waals surface area contributed by atoms with Gasteiger partial charge in [-0.3, -0.25) is 0 Å². The Kier molecular flexibility index (Phi) is 5.57. The largest absolute Gasteiger partial charge is 0.462 e. The average molecular weight is 312 g/mol. The molecule has 1 aromatic rings. The molecule has 0 spiro atoms. The topological polar surface area (TPSA) is 53.3 Å². The summed E-state index contributed by atoms with van der Waals surface area (Å²) < 4.78 is 44.4. The van der Waals surface area contributed by atoms with Gasteiger partial charge in [0.25, 0.3) is 0 Å². The highest BCUT2D eigenvalue weighted by Gasteiger charge is 2.36. The molecule has 118 valence electrons. The lowest BCUT2D eigenvalue weighted by Crippen LogP contribution is -2.16. The third-order valence-corrected chi connectivity index (χ3v) is 2.63. The van der Waals surface area contributed by atoms with Gasteiger partial charge in [0.1, 0.15) is 0 Å². The van der Waals surface area contributed by atoms with E-state index in [-0.39, 0.29) is 23.3 Å². The number of nitriles is 1. The number of alkyl halides is 3. The van der Waals surface area contributed by atoms with Crippen molar-refractivity contribution in [3.63, 3.8) is 0 Å². The Bertz CT molecular complexity index is 629. The molecule has 0 aliphatic heterocycles. The SMILES string of the molecule is CCOC(=O)/C(=C\N(C)C)c1ccc(C#N)cc1C(F)(F)F. The van der Waals surface area contributed by atoms with Crippen molar-refractivity contribution in [1.29, 1.82) is 5.26 Å². The van der Waals surface area contributed by atoms with Gasteiger partial charge in [0.2, 0.25) is 0 Å². The Balaban J connectivity index is 3.55. The Morgan fingerprint density at radius 3 is 2.50 bits per heavy atom. The van der Waals surface area contributed by atoms with Crippen LogP contribution in [0.2, 0.25) is 0 Å². The van der Waals surface area contributed by atoms with E-state index >= 15 is 0 Å². The first-order chi connectivity index (χ1) is 10.2. The molecule has 0 radical (unpaired) electrons. The van der Waals surface area contributed by atoms with Crippen molar-refractivity contribution >= 4 is 11.5 Å². The van der Waals surface area contributed by atoms with Gasteiger partial charge in [-0.1, -0.05) is 6.07 Å². The van der Waals surface area contributed by atoms with Gasteiger partial charge in [-0.25, -0.2) is 4.79 Å². The summed E-state index contributed by atoms with van der Waals surface area (Å²) in [6, 6.07) is 4.71. The number of hydrogen-bond donors (Lipinski definition) is 0. The number of carbonyl (C=O) groups is 1. The molecular weight excluding hydrogens is 297 g/mol. The molecule has 0 fully saturated rings. The van der Waals surface area contributed by atoms with Gasteiger partial charge in [0.05, 0.1) is 29.4 Å². The minimum Gasteiger partial charge on any atom is -0.462 e. The van der Waals surface area contributed by atoms with Gasteiger partial charge < -0.3 is 9.64 Å². The van der Waals surface area contributed by atoms with Gasteiger partial charge >= 0.3 is 12.1 Å². The van der Waals surface area contributed by atoms with E-state index in [4.69, 9.17) is 10.00 Å². The normalized spacial score (nSPS) is 11.8. The van der Waals surface area contributed by atoms with Crippen LogP contribution in [0.4, 0.5) is 13.2 Å². The first-order valence-electron chi connectivity index (χ1n) is 6.37. The molecule has 0 aliphatic rings. The molecule has 0 bridgehead atoms. The molecule has 0 saturated heterocycles. The maximum atomic E-state index is 13.2. The first-order valence-corrected chi connectivity index (χ1v) is 6.37.